The number of aliphatic imine (C=N–C) groups is 1. The topological polar surface area (TPSA) is 147 Å². The van der Waals surface area contributed by atoms with Gasteiger partial charge in [0, 0.05) is 49.4 Å². The van der Waals surface area contributed by atoms with E-state index in [0.717, 1.165) is 25.7 Å². The summed E-state index contributed by atoms with van der Waals surface area (Å²) >= 11 is 0. The minimum absolute atomic E-state index is 0.0329. The highest BCUT2D eigenvalue weighted by atomic mass is 16.5. The zero-order chi connectivity index (χ0) is 26.1. The molecule has 2 aliphatic rings. The number of hydrogen-bond donors (Lipinski definition) is 3. The predicted molar refractivity (Wildman–Crippen MR) is 135 cm³/mol. The smallest absolute Gasteiger partial charge is 0.253 e. The van der Waals surface area contributed by atoms with E-state index in [-0.39, 0.29) is 36.2 Å². The van der Waals surface area contributed by atoms with Gasteiger partial charge in [0.05, 0.1) is 24.5 Å². The van der Waals surface area contributed by atoms with E-state index in [1.165, 1.54) is 17.1 Å². The molecule has 2 rings (SSSR count). The van der Waals surface area contributed by atoms with Crippen molar-refractivity contribution in [1.82, 2.24) is 10.2 Å². The second-order valence-corrected chi connectivity index (χ2v) is 10.6. The molecular weight excluding hydrogens is 450 g/mol. The van der Waals surface area contributed by atoms with Gasteiger partial charge in [-0.1, -0.05) is 0 Å². The Kier molecular flexibility index (Phi) is 10.6. The van der Waals surface area contributed by atoms with E-state index < -0.39 is 11.1 Å². The van der Waals surface area contributed by atoms with Crippen LogP contribution in [-0.4, -0.2) is 77.1 Å². The van der Waals surface area contributed by atoms with Crippen molar-refractivity contribution in [3.63, 3.8) is 0 Å². The van der Waals surface area contributed by atoms with Gasteiger partial charge in [0.15, 0.2) is 0 Å². The number of nitrogens with one attached hydrogen (secondary N) is 1. The Morgan fingerprint density at radius 1 is 1.20 bits per heavy atom. The maximum absolute atomic E-state index is 12.9. The molecule has 3 amide bonds. The highest BCUT2D eigenvalue weighted by Gasteiger charge is 2.33. The number of rotatable bonds is 13. The summed E-state index contributed by atoms with van der Waals surface area (Å²) in [4.78, 5) is 41.8. The van der Waals surface area contributed by atoms with Crippen LogP contribution in [0.5, 0.6) is 0 Å². The lowest BCUT2D eigenvalue weighted by Crippen LogP contribution is -2.48. The number of carbonyl (C=O) groups excluding carboxylic acids is 3. The molecule has 0 aromatic heterocycles. The number of aliphatic hydroxyl groups excluding tert-OH is 1. The van der Waals surface area contributed by atoms with Crippen LogP contribution in [0.15, 0.2) is 22.2 Å². The molecule has 0 atom stereocenters. The van der Waals surface area contributed by atoms with Crippen molar-refractivity contribution in [2.75, 3.05) is 26.3 Å². The van der Waals surface area contributed by atoms with Crippen molar-refractivity contribution in [2.24, 2.45) is 27.8 Å². The molecule has 0 saturated heterocycles. The van der Waals surface area contributed by atoms with E-state index in [1.54, 1.807) is 6.21 Å². The van der Waals surface area contributed by atoms with Crippen molar-refractivity contribution in [3.05, 3.63) is 12.2 Å². The fourth-order valence-electron chi connectivity index (χ4n) is 4.40. The summed E-state index contributed by atoms with van der Waals surface area (Å²) in [6, 6.07) is 0. The van der Waals surface area contributed by atoms with E-state index in [2.05, 4.69) is 15.4 Å². The summed E-state index contributed by atoms with van der Waals surface area (Å²) in [5, 5.41) is 15.7. The third kappa shape index (κ3) is 9.52. The fraction of sp³-hybridized carbons (Fsp3) is 0.720. The van der Waals surface area contributed by atoms with Crippen molar-refractivity contribution >= 4 is 29.6 Å². The Labute approximate surface area is 208 Å². The lowest BCUT2D eigenvalue weighted by atomic mass is 9.81. The van der Waals surface area contributed by atoms with Gasteiger partial charge >= 0.3 is 0 Å². The number of nitrogens with two attached hydrogens (primary N) is 1. The van der Waals surface area contributed by atoms with Crippen molar-refractivity contribution < 1.29 is 24.2 Å². The standard InChI is InChI=1S/C25H41N5O5/c1-24(2,11-14-35-25(3,4)15-20(29-26)16-27-12-13-31)28-23(34)19-7-5-18(6-8-19)17-30-21(32)9-10-22(30)33/h9-10,16,18-19,31H,5-8,11-15,17,26H2,1-4H3,(H,28,34). The zero-order valence-corrected chi connectivity index (χ0v) is 21.5. The maximum atomic E-state index is 12.9. The van der Waals surface area contributed by atoms with Gasteiger partial charge in [0.1, 0.15) is 0 Å². The molecule has 1 aliphatic carbocycles. The van der Waals surface area contributed by atoms with Gasteiger partial charge < -0.3 is 21.0 Å². The highest BCUT2D eigenvalue weighted by Crippen LogP contribution is 2.31. The number of ether oxygens (including phenoxy) is 1. The third-order valence-electron chi connectivity index (χ3n) is 6.48. The number of aliphatic hydroxyl groups is 1. The maximum Gasteiger partial charge on any atom is 0.253 e. The first kappa shape index (κ1) is 28.6. The van der Waals surface area contributed by atoms with Crippen LogP contribution in [0.2, 0.25) is 0 Å². The first-order valence-corrected chi connectivity index (χ1v) is 12.3. The quantitative estimate of drug-likeness (QED) is 0.154. The molecule has 0 aromatic carbocycles. The molecule has 0 unspecified atom stereocenters. The lowest BCUT2D eigenvalue weighted by molar-refractivity contribution is -0.138. The predicted octanol–water partition coefficient (Wildman–Crippen LogP) is 1.57. The van der Waals surface area contributed by atoms with Crippen LogP contribution in [0.4, 0.5) is 0 Å². The molecule has 0 spiro atoms. The Balaban J connectivity index is 1.73. The van der Waals surface area contributed by atoms with E-state index in [1.807, 2.05) is 27.7 Å². The van der Waals surface area contributed by atoms with Gasteiger partial charge in [-0.05, 0) is 65.7 Å². The molecule has 1 fully saturated rings. The van der Waals surface area contributed by atoms with Gasteiger partial charge in [-0.3, -0.25) is 24.3 Å². The Hall–Kier alpha value is -2.59. The fourth-order valence-corrected chi connectivity index (χ4v) is 4.40. The first-order chi connectivity index (χ1) is 16.5. The van der Waals surface area contributed by atoms with Crippen LogP contribution < -0.4 is 11.2 Å². The van der Waals surface area contributed by atoms with Gasteiger partial charge in [0.2, 0.25) is 5.91 Å². The third-order valence-corrected chi connectivity index (χ3v) is 6.48. The number of hydrazone groups is 1. The van der Waals surface area contributed by atoms with E-state index in [4.69, 9.17) is 15.7 Å². The summed E-state index contributed by atoms with van der Waals surface area (Å²) in [5.74, 6) is 5.17. The minimum Gasteiger partial charge on any atom is -0.394 e. The number of carbonyl (C=O) groups is 3. The zero-order valence-electron chi connectivity index (χ0n) is 21.5. The lowest BCUT2D eigenvalue weighted by Gasteiger charge is -2.34. The van der Waals surface area contributed by atoms with Crippen LogP contribution >= 0.6 is 0 Å². The number of amides is 3. The van der Waals surface area contributed by atoms with E-state index in [0.29, 0.717) is 38.2 Å². The molecule has 4 N–H and O–H groups in total. The van der Waals surface area contributed by atoms with Crippen LogP contribution in [0, 0.1) is 11.8 Å². The SMILES string of the molecule is CC(C)(CCOC(C)(C)CC(C=NCCO)=NN)NC(=O)C1CCC(CN2C(=O)C=CC2=O)CC1. The molecular formula is C25H41N5O5. The largest absolute Gasteiger partial charge is 0.394 e. The molecule has 196 valence electrons. The second kappa shape index (κ2) is 12.9. The Bertz CT molecular complexity index is 823. The number of hydrogen-bond acceptors (Lipinski definition) is 8. The molecule has 10 heteroatoms. The number of nitrogens with zero attached hydrogens (tertiary/aromatic N) is 3. The molecule has 1 heterocycles. The molecule has 0 bridgehead atoms. The summed E-state index contributed by atoms with van der Waals surface area (Å²) in [7, 11) is 0. The molecule has 10 nitrogen and oxygen atoms in total. The minimum atomic E-state index is -0.518. The monoisotopic (exact) mass is 491 g/mol. The average Bonchev–Trinajstić information content (AvgIpc) is 3.10. The molecule has 0 radical (unpaired) electrons. The summed E-state index contributed by atoms with van der Waals surface area (Å²) < 4.78 is 6.06. The second-order valence-electron chi connectivity index (χ2n) is 10.6. The number of imide groups is 1. The molecule has 35 heavy (non-hydrogen) atoms. The van der Waals surface area contributed by atoms with Crippen molar-refractivity contribution in [1.29, 1.82) is 0 Å². The van der Waals surface area contributed by atoms with Crippen molar-refractivity contribution in [3.8, 4) is 0 Å². The van der Waals surface area contributed by atoms with Crippen LogP contribution in [0.3, 0.4) is 0 Å². The van der Waals surface area contributed by atoms with E-state index >= 15 is 0 Å². The summed E-state index contributed by atoms with van der Waals surface area (Å²) in [6.07, 6.45) is 8.42. The van der Waals surface area contributed by atoms with Crippen LogP contribution in [0.1, 0.15) is 66.2 Å². The molecule has 1 saturated carbocycles. The summed E-state index contributed by atoms with van der Waals surface area (Å²) in [5.41, 5.74) is -0.367. The van der Waals surface area contributed by atoms with E-state index in [9.17, 15) is 14.4 Å². The van der Waals surface area contributed by atoms with Crippen molar-refractivity contribution in [2.45, 2.75) is 77.4 Å². The average molecular weight is 492 g/mol. The summed E-state index contributed by atoms with van der Waals surface area (Å²) in [6.45, 7) is 9.01. The van der Waals surface area contributed by atoms with Crippen LogP contribution in [0.25, 0.3) is 0 Å². The Morgan fingerprint density at radius 3 is 2.40 bits per heavy atom. The normalized spacial score (nSPS) is 21.9. The Morgan fingerprint density at radius 2 is 1.83 bits per heavy atom. The van der Waals surface area contributed by atoms with Gasteiger partial charge in [-0.25, -0.2) is 0 Å². The molecule has 0 aromatic rings. The molecule has 1 aliphatic heterocycles. The highest BCUT2D eigenvalue weighted by molar-refractivity contribution is 6.30. The van der Waals surface area contributed by atoms with Gasteiger partial charge in [-0.2, -0.15) is 5.10 Å². The first-order valence-electron chi connectivity index (χ1n) is 12.3. The van der Waals surface area contributed by atoms with Gasteiger partial charge in [0.25, 0.3) is 11.8 Å². The van der Waals surface area contributed by atoms with Crippen LogP contribution in [-0.2, 0) is 19.1 Å². The van der Waals surface area contributed by atoms with Gasteiger partial charge in [-0.15, -0.1) is 0 Å².